The first kappa shape index (κ1) is 14.2. The molecule has 15 heavy (non-hydrogen) atoms. The first-order valence-corrected chi connectivity index (χ1v) is 4.36. The molecule has 0 saturated carbocycles. The van der Waals surface area contributed by atoms with Crippen LogP contribution in [-0.2, 0) is 9.53 Å². The van der Waals surface area contributed by atoms with E-state index in [0.717, 1.165) is 4.90 Å². The van der Waals surface area contributed by atoms with Crippen molar-refractivity contribution in [2.45, 2.75) is 12.6 Å². The lowest BCUT2D eigenvalue weighted by atomic mass is 10.3. The Kier molecular flexibility index (Phi) is 6.26. The van der Waals surface area contributed by atoms with E-state index in [1.165, 1.54) is 7.11 Å². The number of rotatable bonds is 6. The maximum Gasteiger partial charge on any atom is 0.401 e. The van der Waals surface area contributed by atoms with Crippen molar-refractivity contribution >= 4 is 5.97 Å². The first-order chi connectivity index (χ1) is 6.89. The molecule has 0 spiro atoms. The summed E-state index contributed by atoms with van der Waals surface area (Å²) in [5.74, 6) is -0.569. The molecule has 7 heteroatoms. The van der Waals surface area contributed by atoms with Crippen LogP contribution in [0.25, 0.3) is 0 Å². The second kappa shape index (κ2) is 6.62. The molecule has 0 atom stereocenters. The summed E-state index contributed by atoms with van der Waals surface area (Å²) in [5.41, 5.74) is 0. The Balaban J connectivity index is 3.99. The van der Waals surface area contributed by atoms with E-state index >= 15 is 0 Å². The van der Waals surface area contributed by atoms with Crippen LogP contribution in [-0.4, -0.2) is 55.5 Å². The van der Waals surface area contributed by atoms with Crippen molar-refractivity contribution in [3.8, 4) is 0 Å². The minimum Gasteiger partial charge on any atom is -0.469 e. The number of hydrogen-bond donors (Lipinski definition) is 1. The molecule has 0 aliphatic rings. The fraction of sp³-hybridized carbons (Fsp3) is 0.875. The second-order valence-corrected chi connectivity index (χ2v) is 2.94. The van der Waals surface area contributed by atoms with Crippen LogP contribution in [0.1, 0.15) is 6.42 Å². The van der Waals surface area contributed by atoms with Crippen LogP contribution in [0.3, 0.4) is 0 Å². The number of carbonyl (C=O) groups excluding carboxylic acids is 1. The molecule has 0 aliphatic carbocycles. The Hall–Kier alpha value is -0.820. The lowest BCUT2D eigenvalue weighted by Gasteiger charge is -2.21. The molecule has 0 rings (SSSR count). The molecular weight excluding hydrogens is 215 g/mol. The number of alkyl halides is 3. The number of aliphatic hydroxyl groups is 1. The SMILES string of the molecule is COC(=O)CCN(CCO)CC(F)(F)F. The minimum absolute atomic E-state index is 0.0766. The lowest BCUT2D eigenvalue weighted by Crippen LogP contribution is -2.37. The molecule has 0 radical (unpaired) electrons. The van der Waals surface area contributed by atoms with Gasteiger partial charge in [-0.1, -0.05) is 0 Å². The summed E-state index contributed by atoms with van der Waals surface area (Å²) in [6.45, 7) is -1.70. The Morgan fingerprint density at radius 3 is 2.40 bits per heavy atom. The molecule has 0 unspecified atom stereocenters. The molecule has 0 saturated heterocycles. The highest BCUT2D eigenvalue weighted by atomic mass is 19.4. The van der Waals surface area contributed by atoms with Gasteiger partial charge >= 0.3 is 12.1 Å². The van der Waals surface area contributed by atoms with Gasteiger partial charge in [-0.2, -0.15) is 13.2 Å². The number of halogens is 3. The van der Waals surface area contributed by atoms with Gasteiger partial charge in [0.25, 0.3) is 0 Å². The monoisotopic (exact) mass is 229 g/mol. The Labute approximate surface area is 85.6 Å². The maximum atomic E-state index is 12.0. The topological polar surface area (TPSA) is 49.8 Å². The largest absolute Gasteiger partial charge is 0.469 e. The Morgan fingerprint density at radius 1 is 1.40 bits per heavy atom. The number of aliphatic hydroxyl groups excluding tert-OH is 1. The molecule has 1 N–H and O–H groups in total. The predicted molar refractivity (Wildman–Crippen MR) is 46.2 cm³/mol. The second-order valence-electron chi connectivity index (χ2n) is 2.94. The van der Waals surface area contributed by atoms with Crippen molar-refractivity contribution in [1.82, 2.24) is 4.90 Å². The number of hydrogen-bond acceptors (Lipinski definition) is 4. The van der Waals surface area contributed by atoms with Gasteiger partial charge in [0.1, 0.15) is 0 Å². The number of nitrogens with zero attached hydrogens (tertiary/aromatic N) is 1. The molecule has 90 valence electrons. The zero-order valence-corrected chi connectivity index (χ0v) is 8.38. The van der Waals surface area contributed by atoms with Gasteiger partial charge in [-0.3, -0.25) is 9.69 Å². The van der Waals surface area contributed by atoms with E-state index in [1.54, 1.807) is 0 Å². The average molecular weight is 229 g/mol. The molecule has 0 aromatic heterocycles. The summed E-state index contributed by atoms with van der Waals surface area (Å²) in [5, 5.41) is 8.53. The lowest BCUT2D eigenvalue weighted by molar-refractivity contribution is -0.151. The van der Waals surface area contributed by atoms with Crippen LogP contribution in [0, 0.1) is 0 Å². The quantitative estimate of drug-likeness (QED) is 0.670. The summed E-state index contributed by atoms with van der Waals surface area (Å²) in [4.78, 5) is 11.6. The van der Waals surface area contributed by atoms with Crippen molar-refractivity contribution in [2.75, 3.05) is 33.4 Å². The number of esters is 1. The van der Waals surface area contributed by atoms with Crippen molar-refractivity contribution in [3.63, 3.8) is 0 Å². The van der Waals surface area contributed by atoms with E-state index in [4.69, 9.17) is 5.11 Å². The minimum atomic E-state index is -4.33. The Bertz CT molecular complexity index is 196. The van der Waals surface area contributed by atoms with Crippen LogP contribution in [0.2, 0.25) is 0 Å². The van der Waals surface area contributed by atoms with Gasteiger partial charge < -0.3 is 9.84 Å². The van der Waals surface area contributed by atoms with Crippen molar-refractivity contribution < 1.29 is 27.8 Å². The fourth-order valence-corrected chi connectivity index (χ4v) is 1.02. The first-order valence-electron chi connectivity index (χ1n) is 4.36. The smallest absolute Gasteiger partial charge is 0.401 e. The van der Waals surface area contributed by atoms with Gasteiger partial charge in [-0.05, 0) is 0 Å². The molecule has 0 fully saturated rings. The molecular formula is C8H14F3NO3. The van der Waals surface area contributed by atoms with Gasteiger partial charge in [-0.15, -0.1) is 0 Å². The zero-order valence-electron chi connectivity index (χ0n) is 8.38. The summed E-state index contributed by atoms with van der Waals surface area (Å²) in [6.07, 6.45) is -4.45. The molecule has 0 aliphatic heterocycles. The van der Waals surface area contributed by atoms with Crippen molar-refractivity contribution in [2.24, 2.45) is 0 Å². The maximum absolute atomic E-state index is 12.0. The molecule has 0 aromatic carbocycles. The van der Waals surface area contributed by atoms with Gasteiger partial charge in [0.2, 0.25) is 0 Å². The number of ether oxygens (including phenoxy) is 1. The Morgan fingerprint density at radius 2 is 2.00 bits per heavy atom. The molecule has 4 nitrogen and oxygen atoms in total. The van der Waals surface area contributed by atoms with Crippen molar-refractivity contribution in [1.29, 1.82) is 0 Å². The normalized spacial score (nSPS) is 11.9. The van der Waals surface area contributed by atoms with Gasteiger partial charge in [0, 0.05) is 13.1 Å². The summed E-state index contributed by atoms with van der Waals surface area (Å²) < 4.78 is 40.3. The van der Waals surface area contributed by atoms with E-state index < -0.39 is 18.7 Å². The van der Waals surface area contributed by atoms with Crippen LogP contribution < -0.4 is 0 Å². The molecule has 0 amide bonds. The highest BCUT2D eigenvalue weighted by Gasteiger charge is 2.30. The molecule has 0 bridgehead atoms. The van der Waals surface area contributed by atoms with Crippen LogP contribution >= 0.6 is 0 Å². The highest BCUT2D eigenvalue weighted by Crippen LogP contribution is 2.16. The van der Waals surface area contributed by atoms with E-state index in [2.05, 4.69) is 4.74 Å². The standard InChI is InChI=1S/C8H14F3NO3/c1-15-7(14)2-3-12(4-5-13)6-8(9,10)11/h13H,2-6H2,1H3. The van der Waals surface area contributed by atoms with Gasteiger partial charge in [0.05, 0.1) is 26.7 Å². The van der Waals surface area contributed by atoms with Gasteiger partial charge in [0.15, 0.2) is 0 Å². The average Bonchev–Trinajstić information content (AvgIpc) is 2.11. The van der Waals surface area contributed by atoms with E-state index in [9.17, 15) is 18.0 Å². The van der Waals surface area contributed by atoms with Crippen LogP contribution in [0.15, 0.2) is 0 Å². The van der Waals surface area contributed by atoms with E-state index in [-0.39, 0.29) is 26.1 Å². The predicted octanol–water partition coefficient (Wildman–Crippen LogP) is 0.406. The third kappa shape index (κ3) is 8.19. The van der Waals surface area contributed by atoms with E-state index in [1.807, 2.05) is 0 Å². The summed E-state index contributed by atoms with van der Waals surface area (Å²) in [7, 11) is 1.17. The van der Waals surface area contributed by atoms with Crippen LogP contribution in [0.4, 0.5) is 13.2 Å². The third-order valence-corrected chi connectivity index (χ3v) is 1.68. The zero-order chi connectivity index (χ0) is 11.9. The summed E-state index contributed by atoms with van der Waals surface area (Å²) in [6, 6.07) is 0. The van der Waals surface area contributed by atoms with Gasteiger partial charge in [-0.25, -0.2) is 0 Å². The molecule has 0 heterocycles. The van der Waals surface area contributed by atoms with Crippen molar-refractivity contribution in [3.05, 3.63) is 0 Å². The van der Waals surface area contributed by atoms with Crippen LogP contribution in [0.5, 0.6) is 0 Å². The number of carbonyl (C=O) groups is 1. The van der Waals surface area contributed by atoms with E-state index in [0.29, 0.717) is 0 Å². The molecule has 0 aromatic rings. The number of methoxy groups -OCH3 is 1. The fourth-order valence-electron chi connectivity index (χ4n) is 1.02. The summed E-state index contributed by atoms with van der Waals surface area (Å²) >= 11 is 0. The third-order valence-electron chi connectivity index (χ3n) is 1.68. The highest BCUT2D eigenvalue weighted by molar-refractivity contribution is 5.69.